The van der Waals surface area contributed by atoms with Crippen molar-refractivity contribution in [2.45, 2.75) is 52.1 Å². The Hall–Kier alpha value is -1.75. The maximum atomic E-state index is 5.40. The summed E-state index contributed by atoms with van der Waals surface area (Å²) in [5, 5.41) is 6.78. The Balaban J connectivity index is 1.82. The fourth-order valence-corrected chi connectivity index (χ4v) is 2.88. The second kappa shape index (κ2) is 9.66. The first kappa shape index (κ1) is 19.6. The molecule has 5 heteroatoms. The molecule has 1 saturated carbocycles. The van der Waals surface area contributed by atoms with Gasteiger partial charge in [0.1, 0.15) is 5.75 Å². The van der Waals surface area contributed by atoms with Crippen molar-refractivity contribution in [3.8, 4) is 5.75 Å². The van der Waals surface area contributed by atoms with Crippen molar-refractivity contribution < 1.29 is 4.74 Å². The van der Waals surface area contributed by atoms with Crippen molar-refractivity contribution in [3.05, 3.63) is 29.3 Å². The van der Waals surface area contributed by atoms with E-state index in [9.17, 15) is 0 Å². The first-order valence-corrected chi connectivity index (χ1v) is 9.42. The molecule has 0 spiro atoms. The molecule has 0 aromatic heterocycles. The first-order valence-electron chi connectivity index (χ1n) is 9.42. The normalized spacial score (nSPS) is 16.0. The van der Waals surface area contributed by atoms with Crippen molar-refractivity contribution in [2.24, 2.45) is 4.99 Å². The third kappa shape index (κ3) is 6.24. The molecular weight excluding hydrogens is 312 g/mol. The molecule has 0 amide bonds. The summed E-state index contributed by atoms with van der Waals surface area (Å²) in [4.78, 5) is 7.20. The van der Waals surface area contributed by atoms with Crippen molar-refractivity contribution in [1.29, 1.82) is 0 Å². The molecule has 0 aliphatic heterocycles. The van der Waals surface area contributed by atoms with Gasteiger partial charge in [0, 0.05) is 25.2 Å². The number of hydrogen-bond donors (Lipinski definition) is 2. The number of rotatable bonds is 9. The number of aryl methyl sites for hydroxylation is 1. The van der Waals surface area contributed by atoms with Gasteiger partial charge in [-0.25, -0.2) is 0 Å². The van der Waals surface area contributed by atoms with E-state index in [1.54, 1.807) is 7.11 Å². The molecule has 5 nitrogen and oxygen atoms in total. The Kier molecular flexibility index (Phi) is 7.56. The summed E-state index contributed by atoms with van der Waals surface area (Å²) in [5.41, 5.74) is 2.44. The number of hydrogen-bond acceptors (Lipinski definition) is 3. The van der Waals surface area contributed by atoms with E-state index >= 15 is 0 Å². The van der Waals surface area contributed by atoms with Gasteiger partial charge >= 0.3 is 0 Å². The number of ether oxygens (including phenoxy) is 1. The number of nitrogens with one attached hydrogen (secondary N) is 2. The molecule has 1 aromatic carbocycles. The molecular formula is C20H34N4O. The van der Waals surface area contributed by atoms with Gasteiger partial charge in [-0.05, 0) is 64.3 Å². The standard InChI is InChI=1S/C20H34N4O/c1-6-21-20(23-14-16(3)24(4)18-9-10-18)22-12-11-17-8-7-15(2)19(13-17)25-5/h7-8,13,16,18H,6,9-12,14H2,1-5H3,(H2,21,22,23). The molecule has 0 radical (unpaired) electrons. The first-order chi connectivity index (χ1) is 12.0. The van der Waals surface area contributed by atoms with E-state index in [1.807, 2.05) is 0 Å². The molecule has 140 valence electrons. The highest BCUT2D eigenvalue weighted by Crippen LogP contribution is 2.26. The van der Waals surface area contributed by atoms with Crippen LogP contribution in [-0.2, 0) is 6.42 Å². The Morgan fingerprint density at radius 3 is 2.76 bits per heavy atom. The van der Waals surface area contributed by atoms with E-state index in [-0.39, 0.29) is 0 Å². The Morgan fingerprint density at radius 1 is 1.36 bits per heavy atom. The maximum Gasteiger partial charge on any atom is 0.191 e. The number of guanidine groups is 1. The molecule has 1 fully saturated rings. The van der Waals surface area contributed by atoms with Crippen molar-refractivity contribution >= 4 is 5.96 Å². The molecule has 2 rings (SSSR count). The summed E-state index contributed by atoms with van der Waals surface area (Å²) in [7, 11) is 3.93. The fraction of sp³-hybridized carbons (Fsp3) is 0.650. The van der Waals surface area contributed by atoms with E-state index in [0.29, 0.717) is 6.04 Å². The summed E-state index contributed by atoms with van der Waals surface area (Å²) >= 11 is 0. The molecule has 1 aliphatic carbocycles. The molecule has 1 unspecified atom stereocenters. The Morgan fingerprint density at radius 2 is 2.12 bits per heavy atom. The van der Waals surface area contributed by atoms with Gasteiger partial charge in [0.2, 0.25) is 0 Å². The van der Waals surface area contributed by atoms with Crippen LogP contribution in [-0.4, -0.2) is 56.7 Å². The van der Waals surface area contributed by atoms with E-state index in [1.165, 1.54) is 24.0 Å². The van der Waals surface area contributed by atoms with Gasteiger partial charge in [0.25, 0.3) is 0 Å². The predicted octanol–water partition coefficient (Wildman–Crippen LogP) is 2.58. The van der Waals surface area contributed by atoms with Crippen LogP contribution in [0.15, 0.2) is 23.2 Å². The summed E-state index contributed by atoms with van der Waals surface area (Å²) < 4.78 is 5.40. The van der Waals surface area contributed by atoms with Gasteiger partial charge < -0.3 is 15.4 Å². The van der Waals surface area contributed by atoms with Gasteiger partial charge in [-0.1, -0.05) is 12.1 Å². The lowest BCUT2D eigenvalue weighted by molar-refractivity contribution is 0.253. The van der Waals surface area contributed by atoms with E-state index in [4.69, 9.17) is 9.73 Å². The smallest absolute Gasteiger partial charge is 0.191 e. The van der Waals surface area contributed by atoms with Crippen LogP contribution in [0, 0.1) is 6.92 Å². The predicted molar refractivity (Wildman–Crippen MR) is 106 cm³/mol. The summed E-state index contributed by atoms with van der Waals surface area (Å²) in [6, 6.07) is 7.65. The lowest BCUT2D eigenvalue weighted by atomic mass is 10.1. The highest BCUT2D eigenvalue weighted by molar-refractivity contribution is 5.79. The average molecular weight is 347 g/mol. The second-order valence-electron chi connectivity index (χ2n) is 6.95. The SMILES string of the molecule is CCNC(=NCC(C)N(C)C1CC1)NCCc1ccc(C)c(OC)c1. The Bertz CT molecular complexity index is 569. The van der Waals surface area contributed by atoms with Crippen molar-refractivity contribution in [2.75, 3.05) is 33.8 Å². The van der Waals surface area contributed by atoms with Crippen LogP contribution in [0.5, 0.6) is 5.75 Å². The number of benzene rings is 1. The van der Waals surface area contributed by atoms with E-state index in [2.05, 4.69) is 61.6 Å². The van der Waals surface area contributed by atoms with Crippen LogP contribution in [0.3, 0.4) is 0 Å². The van der Waals surface area contributed by atoms with Crippen molar-refractivity contribution in [3.63, 3.8) is 0 Å². The summed E-state index contributed by atoms with van der Waals surface area (Å²) in [6.07, 6.45) is 3.62. The molecule has 1 atom stereocenters. The van der Waals surface area contributed by atoms with Crippen LogP contribution in [0.4, 0.5) is 0 Å². The number of likely N-dealkylation sites (N-methyl/N-ethyl adjacent to an activating group) is 1. The zero-order valence-corrected chi connectivity index (χ0v) is 16.4. The zero-order valence-electron chi connectivity index (χ0n) is 16.4. The minimum atomic E-state index is 0.476. The maximum absolute atomic E-state index is 5.40. The van der Waals surface area contributed by atoms with Crippen LogP contribution in [0.2, 0.25) is 0 Å². The van der Waals surface area contributed by atoms with Gasteiger partial charge in [0.15, 0.2) is 5.96 Å². The minimum absolute atomic E-state index is 0.476. The highest BCUT2D eigenvalue weighted by atomic mass is 16.5. The summed E-state index contributed by atoms with van der Waals surface area (Å²) in [5.74, 6) is 1.85. The second-order valence-corrected chi connectivity index (χ2v) is 6.95. The zero-order chi connectivity index (χ0) is 18.2. The van der Waals surface area contributed by atoms with E-state index < -0.39 is 0 Å². The largest absolute Gasteiger partial charge is 0.496 e. The molecule has 1 aliphatic rings. The third-order valence-electron chi connectivity index (χ3n) is 4.85. The van der Waals surface area contributed by atoms with Crippen LogP contribution < -0.4 is 15.4 Å². The van der Waals surface area contributed by atoms with Crippen LogP contribution in [0.1, 0.15) is 37.8 Å². The fourth-order valence-electron chi connectivity index (χ4n) is 2.88. The Labute approximate surface area is 152 Å². The van der Waals surface area contributed by atoms with Crippen molar-refractivity contribution in [1.82, 2.24) is 15.5 Å². The van der Waals surface area contributed by atoms with Gasteiger partial charge in [-0.2, -0.15) is 0 Å². The van der Waals surface area contributed by atoms with E-state index in [0.717, 1.165) is 43.8 Å². The molecule has 25 heavy (non-hydrogen) atoms. The molecule has 0 bridgehead atoms. The van der Waals surface area contributed by atoms with Gasteiger partial charge in [-0.3, -0.25) is 9.89 Å². The number of aliphatic imine (C=N–C) groups is 1. The minimum Gasteiger partial charge on any atom is -0.496 e. The van der Waals surface area contributed by atoms with Crippen LogP contribution >= 0.6 is 0 Å². The topological polar surface area (TPSA) is 48.9 Å². The highest BCUT2D eigenvalue weighted by Gasteiger charge is 2.28. The number of methoxy groups -OCH3 is 1. The molecule has 0 saturated heterocycles. The van der Waals surface area contributed by atoms with Crippen LogP contribution in [0.25, 0.3) is 0 Å². The summed E-state index contributed by atoms with van der Waals surface area (Å²) in [6.45, 7) is 8.96. The molecule has 2 N–H and O–H groups in total. The third-order valence-corrected chi connectivity index (χ3v) is 4.85. The lowest BCUT2D eigenvalue weighted by Crippen LogP contribution is -2.40. The lowest BCUT2D eigenvalue weighted by Gasteiger charge is -2.23. The number of nitrogens with zero attached hydrogens (tertiary/aromatic N) is 2. The molecule has 1 aromatic rings. The monoisotopic (exact) mass is 346 g/mol. The van der Waals surface area contributed by atoms with Gasteiger partial charge in [0.05, 0.1) is 13.7 Å². The van der Waals surface area contributed by atoms with Gasteiger partial charge in [-0.15, -0.1) is 0 Å². The average Bonchev–Trinajstić information content (AvgIpc) is 3.45. The quantitative estimate of drug-likeness (QED) is 0.533. The molecule has 0 heterocycles.